The van der Waals surface area contributed by atoms with Crippen LogP contribution in [0.4, 0.5) is 0 Å². The number of aromatic nitrogens is 7. The second-order valence-electron chi connectivity index (χ2n) is 8.50. The summed E-state index contributed by atoms with van der Waals surface area (Å²) in [5.41, 5.74) is 8.93. The molecule has 6 heterocycles. The molecule has 6 aromatic heterocycles. The Bertz CT molecular complexity index is 1610. The van der Waals surface area contributed by atoms with E-state index in [2.05, 4.69) is 47.2 Å². The third-order valence-corrected chi connectivity index (χ3v) is 5.72. The SMILES string of the molecule is CN(C)Cc1cncc(-c2ccc3[nH]nc(-c4cc5c(-c6ccccn6)ccnc5[nH]4)c3n2)c1. The van der Waals surface area contributed by atoms with Crippen molar-refractivity contribution in [1.29, 1.82) is 0 Å². The van der Waals surface area contributed by atoms with Crippen molar-refractivity contribution < 1.29 is 0 Å². The van der Waals surface area contributed by atoms with Crippen molar-refractivity contribution in [3.8, 4) is 33.9 Å². The van der Waals surface area contributed by atoms with Gasteiger partial charge in [0.2, 0.25) is 0 Å². The average molecular weight is 447 g/mol. The van der Waals surface area contributed by atoms with Gasteiger partial charge in [-0.05, 0) is 62.1 Å². The van der Waals surface area contributed by atoms with Crippen LogP contribution in [0.3, 0.4) is 0 Å². The first-order valence-corrected chi connectivity index (χ1v) is 11.0. The summed E-state index contributed by atoms with van der Waals surface area (Å²) in [6.45, 7) is 0.820. The van der Waals surface area contributed by atoms with E-state index >= 15 is 0 Å². The molecule has 0 fully saturated rings. The van der Waals surface area contributed by atoms with Crippen LogP contribution in [0, 0.1) is 0 Å². The van der Waals surface area contributed by atoms with Crippen molar-refractivity contribution in [2.75, 3.05) is 14.1 Å². The summed E-state index contributed by atoms with van der Waals surface area (Å²) in [5, 5.41) is 8.67. The summed E-state index contributed by atoms with van der Waals surface area (Å²) < 4.78 is 0. The number of nitrogens with zero attached hydrogens (tertiary/aromatic N) is 6. The van der Waals surface area contributed by atoms with Gasteiger partial charge in [-0.15, -0.1) is 0 Å². The molecule has 0 aliphatic rings. The largest absolute Gasteiger partial charge is 0.338 e. The lowest BCUT2D eigenvalue weighted by molar-refractivity contribution is 0.402. The van der Waals surface area contributed by atoms with Crippen molar-refractivity contribution in [3.05, 3.63) is 78.9 Å². The van der Waals surface area contributed by atoms with Crippen LogP contribution < -0.4 is 0 Å². The number of hydrogen-bond donors (Lipinski definition) is 2. The molecule has 166 valence electrons. The van der Waals surface area contributed by atoms with Crippen LogP contribution >= 0.6 is 0 Å². The number of nitrogens with one attached hydrogen (secondary N) is 2. The molecule has 6 rings (SSSR count). The Labute approximate surface area is 195 Å². The Kier molecular flexibility index (Phi) is 4.85. The number of hydrogen-bond acceptors (Lipinski definition) is 6. The van der Waals surface area contributed by atoms with Crippen LogP contribution in [0.1, 0.15) is 5.56 Å². The van der Waals surface area contributed by atoms with Crippen molar-refractivity contribution in [2.24, 2.45) is 0 Å². The van der Waals surface area contributed by atoms with Crippen molar-refractivity contribution in [2.45, 2.75) is 6.54 Å². The number of rotatable bonds is 5. The minimum absolute atomic E-state index is 0.749. The molecule has 8 nitrogen and oxygen atoms in total. The standard InChI is InChI=1S/C26H22N8/c1-34(2)15-16-11-17(14-27-13-16)20-6-7-22-24(30-20)25(33-32-22)23-12-19-18(8-10-29-26(19)31-23)21-5-3-4-9-28-21/h3-14H,15H2,1-2H3,(H,29,31)(H,32,33). The number of aromatic amines is 2. The molecule has 34 heavy (non-hydrogen) atoms. The van der Waals surface area contributed by atoms with Crippen LogP contribution in [-0.4, -0.2) is 54.1 Å². The van der Waals surface area contributed by atoms with Crippen molar-refractivity contribution in [3.63, 3.8) is 0 Å². The highest BCUT2D eigenvalue weighted by molar-refractivity contribution is 5.98. The van der Waals surface area contributed by atoms with Crippen LogP contribution in [0.25, 0.3) is 56.0 Å². The Morgan fingerprint density at radius 1 is 0.912 bits per heavy atom. The Hall–Kier alpha value is -4.43. The smallest absolute Gasteiger partial charge is 0.138 e. The summed E-state index contributed by atoms with van der Waals surface area (Å²) in [4.78, 5) is 23.9. The van der Waals surface area contributed by atoms with Gasteiger partial charge in [-0.2, -0.15) is 5.10 Å². The van der Waals surface area contributed by atoms with Gasteiger partial charge in [-0.1, -0.05) is 6.07 Å². The van der Waals surface area contributed by atoms with Crippen LogP contribution in [-0.2, 0) is 6.54 Å². The third kappa shape index (κ3) is 3.60. The zero-order chi connectivity index (χ0) is 23.1. The van der Waals surface area contributed by atoms with E-state index < -0.39 is 0 Å². The normalized spacial score (nSPS) is 11.6. The van der Waals surface area contributed by atoms with Gasteiger partial charge >= 0.3 is 0 Å². The predicted molar refractivity (Wildman–Crippen MR) is 133 cm³/mol. The molecule has 0 saturated carbocycles. The van der Waals surface area contributed by atoms with E-state index in [0.717, 1.165) is 68.1 Å². The second kappa shape index (κ2) is 8.17. The average Bonchev–Trinajstić information content (AvgIpc) is 3.48. The molecule has 8 heteroatoms. The summed E-state index contributed by atoms with van der Waals surface area (Å²) in [5.74, 6) is 0. The number of pyridine rings is 4. The summed E-state index contributed by atoms with van der Waals surface area (Å²) in [7, 11) is 4.09. The lowest BCUT2D eigenvalue weighted by Gasteiger charge is -2.10. The third-order valence-electron chi connectivity index (χ3n) is 5.72. The topological polar surface area (TPSA) is 99.3 Å². The highest BCUT2D eigenvalue weighted by atomic mass is 15.1. The first-order valence-electron chi connectivity index (χ1n) is 11.0. The quantitative estimate of drug-likeness (QED) is 0.399. The first kappa shape index (κ1) is 20.2. The molecule has 0 atom stereocenters. The minimum Gasteiger partial charge on any atom is -0.338 e. The van der Waals surface area contributed by atoms with Crippen molar-refractivity contribution >= 4 is 22.1 Å². The first-order chi connectivity index (χ1) is 16.7. The molecular formula is C26H22N8. The van der Waals surface area contributed by atoms with Gasteiger partial charge < -0.3 is 9.88 Å². The monoisotopic (exact) mass is 446 g/mol. The summed E-state index contributed by atoms with van der Waals surface area (Å²) in [6, 6.07) is 16.1. The lowest BCUT2D eigenvalue weighted by atomic mass is 10.1. The van der Waals surface area contributed by atoms with E-state index in [1.54, 1.807) is 12.4 Å². The molecule has 0 aliphatic carbocycles. The van der Waals surface area contributed by atoms with Crippen molar-refractivity contribution in [1.82, 2.24) is 40.0 Å². The highest BCUT2D eigenvalue weighted by Gasteiger charge is 2.16. The molecule has 0 amide bonds. The molecule has 0 unspecified atom stereocenters. The second-order valence-corrected chi connectivity index (χ2v) is 8.50. The van der Waals surface area contributed by atoms with E-state index in [1.165, 1.54) is 0 Å². The maximum atomic E-state index is 4.95. The number of H-pyrrole nitrogens is 2. The zero-order valence-electron chi connectivity index (χ0n) is 18.8. The van der Waals surface area contributed by atoms with Crippen LogP contribution in [0.2, 0.25) is 0 Å². The van der Waals surface area contributed by atoms with E-state index in [9.17, 15) is 0 Å². The number of fused-ring (bicyclic) bond motifs is 2. The van der Waals surface area contributed by atoms with Gasteiger partial charge in [-0.3, -0.25) is 15.1 Å². The van der Waals surface area contributed by atoms with E-state index in [0.29, 0.717) is 0 Å². The Morgan fingerprint density at radius 3 is 2.71 bits per heavy atom. The maximum absolute atomic E-state index is 4.95. The van der Waals surface area contributed by atoms with Crippen LogP contribution in [0.5, 0.6) is 0 Å². The summed E-state index contributed by atoms with van der Waals surface area (Å²) >= 11 is 0. The van der Waals surface area contributed by atoms with Gasteiger partial charge in [0, 0.05) is 47.8 Å². The maximum Gasteiger partial charge on any atom is 0.138 e. The Balaban J connectivity index is 1.45. The van der Waals surface area contributed by atoms with Gasteiger partial charge in [0.1, 0.15) is 16.9 Å². The summed E-state index contributed by atoms with van der Waals surface area (Å²) in [6.07, 6.45) is 7.32. The van der Waals surface area contributed by atoms with Crippen LogP contribution in [0.15, 0.2) is 73.3 Å². The minimum atomic E-state index is 0.749. The molecule has 6 aromatic rings. The molecule has 2 N–H and O–H groups in total. The Morgan fingerprint density at radius 2 is 1.85 bits per heavy atom. The zero-order valence-corrected chi connectivity index (χ0v) is 18.8. The fourth-order valence-electron chi connectivity index (χ4n) is 4.23. The lowest BCUT2D eigenvalue weighted by Crippen LogP contribution is -2.10. The van der Waals surface area contributed by atoms with E-state index in [1.807, 2.05) is 62.9 Å². The van der Waals surface area contributed by atoms with E-state index in [-0.39, 0.29) is 0 Å². The highest BCUT2D eigenvalue weighted by Crippen LogP contribution is 2.32. The molecule has 0 spiro atoms. The molecule has 0 aromatic carbocycles. The molecule has 0 saturated heterocycles. The molecule has 0 aliphatic heterocycles. The van der Waals surface area contributed by atoms with Gasteiger partial charge in [0.05, 0.1) is 22.6 Å². The molecular weight excluding hydrogens is 424 g/mol. The fourth-order valence-corrected chi connectivity index (χ4v) is 4.23. The predicted octanol–water partition coefficient (Wildman–Crippen LogP) is 4.69. The fraction of sp³-hybridized carbons (Fsp3) is 0.115. The van der Waals surface area contributed by atoms with Gasteiger partial charge in [0.15, 0.2) is 0 Å². The molecule has 0 bridgehead atoms. The molecule has 0 radical (unpaired) electrons. The van der Waals surface area contributed by atoms with E-state index in [4.69, 9.17) is 4.98 Å². The van der Waals surface area contributed by atoms with Gasteiger partial charge in [0.25, 0.3) is 0 Å². The van der Waals surface area contributed by atoms with Gasteiger partial charge in [-0.25, -0.2) is 9.97 Å².